The molecule has 0 fully saturated rings. The van der Waals surface area contributed by atoms with Crippen LogP contribution in [0.1, 0.15) is 16.7 Å². The van der Waals surface area contributed by atoms with Crippen molar-refractivity contribution in [3.63, 3.8) is 0 Å². The van der Waals surface area contributed by atoms with Crippen LogP contribution in [0.2, 0.25) is 5.02 Å². The van der Waals surface area contributed by atoms with Crippen LogP contribution in [0.3, 0.4) is 0 Å². The van der Waals surface area contributed by atoms with Gasteiger partial charge in [0, 0.05) is 11.6 Å². The third-order valence-corrected chi connectivity index (χ3v) is 7.27. The van der Waals surface area contributed by atoms with Crippen LogP contribution in [0.15, 0.2) is 77.7 Å². The second kappa shape index (κ2) is 11.3. The number of anilines is 1. The Labute approximate surface area is 200 Å². The molecule has 3 rings (SSSR count). The summed E-state index contributed by atoms with van der Waals surface area (Å²) < 4.78 is 33.6. The lowest BCUT2D eigenvalue weighted by atomic mass is 10.2. The van der Waals surface area contributed by atoms with Crippen molar-refractivity contribution in [1.29, 1.82) is 0 Å². The zero-order valence-electron chi connectivity index (χ0n) is 18.6. The molecule has 0 bridgehead atoms. The van der Waals surface area contributed by atoms with Crippen LogP contribution in [0.4, 0.5) is 5.69 Å². The van der Waals surface area contributed by atoms with Crippen molar-refractivity contribution in [2.75, 3.05) is 24.0 Å². The quantitative estimate of drug-likeness (QED) is 0.428. The smallest absolute Gasteiger partial charge is 0.264 e. The summed E-state index contributed by atoms with van der Waals surface area (Å²) in [6, 6.07) is 21.2. The molecular formula is C25H27ClN2O4S. The minimum atomic E-state index is -3.99. The Bertz CT molecular complexity index is 1180. The molecule has 0 saturated carbocycles. The number of ether oxygens (including phenoxy) is 1. The van der Waals surface area contributed by atoms with Gasteiger partial charge in [0.25, 0.3) is 10.0 Å². The fraction of sp³-hybridized carbons (Fsp3) is 0.240. The molecule has 0 saturated heterocycles. The highest BCUT2D eigenvalue weighted by Gasteiger charge is 2.28. The molecule has 8 heteroatoms. The second-order valence-electron chi connectivity index (χ2n) is 7.60. The summed E-state index contributed by atoms with van der Waals surface area (Å²) in [5, 5.41) is 3.16. The van der Waals surface area contributed by atoms with Gasteiger partial charge in [0.05, 0.1) is 23.8 Å². The number of halogens is 1. The molecule has 1 N–H and O–H groups in total. The first kappa shape index (κ1) is 24.8. The zero-order chi connectivity index (χ0) is 23.8. The summed E-state index contributed by atoms with van der Waals surface area (Å²) in [5.41, 5.74) is 2.91. The predicted molar refractivity (Wildman–Crippen MR) is 131 cm³/mol. The number of carbonyl (C=O) groups is 1. The summed E-state index contributed by atoms with van der Waals surface area (Å²) in [7, 11) is -3.99. The number of amides is 1. The minimum Gasteiger partial charge on any atom is -0.375 e. The first-order valence-electron chi connectivity index (χ1n) is 10.5. The number of nitrogens with zero attached hydrogens (tertiary/aromatic N) is 1. The fourth-order valence-corrected chi connectivity index (χ4v) is 4.86. The highest BCUT2D eigenvalue weighted by molar-refractivity contribution is 7.92. The molecule has 0 aliphatic heterocycles. The molecule has 0 spiro atoms. The molecule has 0 aliphatic rings. The highest BCUT2D eigenvalue weighted by atomic mass is 35.5. The maximum atomic E-state index is 13.5. The normalized spacial score (nSPS) is 11.2. The lowest BCUT2D eigenvalue weighted by Crippen LogP contribution is -2.42. The Morgan fingerprint density at radius 1 is 0.970 bits per heavy atom. The van der Waals surface area contributed by atoms with Crippen molar-refractivity contribution in [3.8, 4) is 0 Å². The Morgan fingerprint density at radius 2 is 1.67 bits per heavy atom. The molecule has 0 aliphatic carbocycles. The van der Waals surface area contributed by atoms with Crippen LogP contribution in [0.25, 0.3) is 0 Å². The van der Waals surface area contributed by atoms with E-state index in [1.807, 2.05) is 37.3 Å². The van der Waals surface area contributed by atoms with Gasteiger partial charge in [-0.1, -0.05) is 65.7 Å². The molecule has 1 amide bonds. The van der Waals surface area contributed by atoms with Crippen LogP contribution in [0.5, 0.6) is 0 Å². The third-order valence-electron chi connectivity index (χ3n) is 5.08. The second-order valence-corrected chi connectivity index (χ2v) is 9.87. The van der Waals surface area contributed by atoms with E-state index in [1.54, 1.807) is 37.3 Å². The van der Waals surface area contributed by atoms with Crippen molar-refractivity contribution in [1.82, 2.24) is 5.32 Å². The summed E-state index contributed by atoms with van der Waals surface area (Å²) in [6.45, 7) is 4.23. The summed E-state index contributed by atoms with van der Waals surface area (Å²) in [6.07, 6.45) is 0. The van der Waals surface area contributed by atoms with Gasteiger partial charge in [0.1, 0.15) is 6.54 Å². The van der Waals surface area contributed by atoms with E-state index in [0.717, 1.165) is 15.4 Å². The number of benzene rings is 3. The van der Waals surface area contributed by atoms with E-state index >= 15 is 0 Å². The highest BCUT2D eigenvalue weighted by Crippen LogP contribution is 2.30. The van der Waals surface area contributed by atoms with E-state index in [0.29, 0.717) is 29.5 Å². The standard InChI is InChI=1S/C25H27ClN2O4S/c1-19-11-13-22(14-12-19)33(30,31)28(24-10-6-9-23(26)20(24)2)17-25(29)27-15-16-32-18-21-7-4-3-5-8-21/h3-14H,15-18H2,1-2H3,(H,27,29). The van der Waals surface area contributed by atoms with E-state index in [1.165, 1.54) is 12.1 Å². The number of sulfonamides is 1. The van der Waals surface area contributed by atoms with E-state index in [2.05, 4.69) is 5.32 Å². The van der Waals surface area contributed by atoms with Crippen LogP contribution in [0, 0.1) is 13.8 Å². The number of nitrogens with one attached hydrogen (secondary N) is 1. The van der Waals surface area contributed by atoms with Crippen molar-refractivity contribution in [3.05, 3.63) is 94.5 Å². The topological polar surface area (TPSA) is 75.7 Å². The van der Waals surface area contributed by atoms with E-state index in [-0.39, 0.29) is 18.0 Å². The number of aryl methyl sites for hydroxylation is 1. The number of carbonyl (C=O) groups excluding carboxylic acids is 1. The summed E-state index contributed by atoms with van der Waals surface area (Å²) in [4.78, 5) is 12.8. The van der Waals surface area contributed by atoms with Crippen molar-refractivity contribution in [2.24, 2.45) is 0 Å². The maximum Gasteiger partial charge on any atom is 0.264 e. The van der Waals surface area contributed by atoms with Gasteiger partial charge in [-0.2, -0.15) is 0 Å². The van der Waals surface area contributed by atoms with Gasteiger partial charge < -0.3 is 10.1 Å². The largest absolute Gasteiger partial charge is 0.375 e. The Kier molecular flexibility index (Phi) is 8.49. The van der Waals surface area contributed by atoms with E-state index < -0.39 is 15.9 Å². The average molecular weight is 487 g/mol. The molecule has 3 aromatic carbocycles. The molecule has 0 aromatic heterocycles. The van der Waals surface area contributed by atoms with Crippen LogP contribution in [-0.4, -0.2) is 34.0 Å². The molecule has 0 atom stereocenters. The summed E-state index contributed by atoms with van der Waals surface area (Å²) in [5.74, 6) is -0.437. The molecular weight excluding hydrogens is 460 g/mol. The number of hydrogen-bond donors (Lipinski definition) is 1. The van der Waals surface area contributed by atoms with Crippen LogP contribution < -0.4 is 9.62 Å². The number of hydrogen-bond acceptors (Lipinski definition) is 4. The first-order valence-corrected chi connectivity index (χ1v) is 12.3. The third kappa shape index (κ3) is 6.57. The first-order chi connectivity index (χ1) is 15.8. The predicted octanol–water partition coefficient (Wildman–Crippen LogP) is 4.49. The maximum absolute atomic E-state index is 13.5. The summed E-state index contributed by atoms with van der Waals surface area (Å²) >= 11 is 6.24. The Balaban J connectivity index is 1.71. The van der Waals surface area contributed by atoms with E-state index in [4.69, 9.17) is 16.3 Å². The minimum absolute atomic E-state index is 0.103. The SMILES string of the molecule is Cc1ccc(S(=O)(=O)N(CC(=O)NCCOCc2ccccc2)c2cccc(Cl)c2C)cc1. The van der Waals surface area contributed by atoms with Gasteiger partial charge in [-0.15, -0.1) is 0 Å². The zero-order valence-corrected chi connectivity index (χ0v) is 20.2. The Morgan fingerprint density at radius 3 is 2.36 bits per heavy atom. The van der Waals surface area contributed by atoms with Crippen molar-refractivity contribution < 1.29 is 17.9 Å². The van der Waals surface area contributed by atoms with Crippen molar-refractivity contribution in [2.45, 2.75) is 25.3 Å². The van der Waals surface area contributed by atoms with Gasteiger partial charge in [-0.3, -0.25) is 9.10 Å². The van der Waals surface area contributed by atoms with Gasteiger partial charge in [-0.05, 0) is 49.2 Å². The monoisotopic (exact) mass is 486 g/mol. The molecule has 3 aromatic rings. The molecule has 174 valence electrons. The van der Waals surface area contributed by atoms with Gasteiger partial charge in [-0.25, -0.2) is 8.42 Å². The molecule has 6 nitrogen and oxygen atoms in total. The van der Waals surface area contributed by atoms with E-state index in [9.17, 15) is 13.2 Å². The van der Waals surface area contributed by atoms with Gasteiger partial charge in [0.2, 0.25) is 5.91 Å². The van der Waals surface area contributed by atoms with Gasteiger partial charge >= 0.3 is 0 Å². The average Bonchev–Trinajstić information content (AvgIpc) is 2.80. The van der Waals surface area contributed by atoms with Crippen LogP contribution >= 0.6 is 11.6 Å². The van der Waals surface area contributed by atoms with Crippen LogP contribution in [-0.2, 0) is 26.2 Å². The van der Waals surface area contributed by atoms with Gasteiger partial charge in [0.15, 0.2) is 0 Å². The Hall–Kier alpha value is -2.87. The molecule has 0 unspecified atom stereocenters. The van der Waals surface area contributed by atoms with Crippen molar-refractivity contribution >= 4 is 33.2 Å². The fourth-order valence-electron chi connectivity index (χ4n) is 3.22. The number of rotatable bonds is 10. The lowest BCUT2D eigenvalue weighted by molar-refractivity contribution is -0.119. The molecule has 33 heavy (non-hydrogen) atoms. The molecule has 0 radical (unpaired) electrons. The molecule has 0 heterocycles. The lowest BCUT2D eigenvalue weighted by Gasteiger charge is -2.26.